The molecule has 30 heavy (non-hydrogen) atoms. The van der Waals surface area contributed by atoms with Gasteiger partial charge in [-0.15, -0.1) is 0 Å². The molecule has 1 heterocycles. The van der Waals surface area contributed by atoms with Gasteiger partial charge in [0.05, 0.1) is 25.4 Å². The van der Waals surface area contributed by atoms with Crippen LogP contribution in [0.2, 0.25) is 0 Å². The number of hydrogen-bond acceptors (Lipinski definition) is 5. The Morgan fingerprint density at radius 2 is 1.63 bits per heavy atom. The number of ether oxygens (including phenoxy) is 2. The summed E-state index contributed by atoms with van der Waals surface area (Å²) in [5.41, 5.74) is 1.30. The van der Waals surface area contributed by atoms with Crippen molar-refractivity contribution in [2.75, 3.05) is 51.3 Å². The Labute approximate surface area is 177 Å². The average molecular weight is 412 g/mol. The molecule has 2 aromatic carbocycles. The van der Waals surface area contributed by atoms with Crippen LogP contribution >= 0.6 is 0 Å². The van der Waals surface area contributed by atoms with Crippen molar-refractivity contribution in [3.63, 3.8) is 0 Å². The number of rotatable bonds is 8. The van der Waals surface area contributed by atoms with Crippen LogP contribution in [0, 0.1) is 0 Å². The molecule has 0 spiro atoms. The van der Waals surface area contributed by atoms with Gasteiger partial charge in [0.25, 0.3) is 5.91 Å². The van der Waals surface area contributed by atoms with Crippen LogP contribution in [0.5, 0.6) is 11.5 Å². The molecule has 1 aliphatic rings. The summed E-state index contributed by atoms with van der Waals surface area (Å²) in [6.45, 7) is 7.65. The van der Waals surface area contributed by atoms with E-state index in [0.29, 0.717) is 62.1 Å². The Kier molecular flexibility index (Phi) is 7.68. The number of carbonyl (C=O) groups is 2. The average Bonchev–Trinajstić information content (AvgIpc) is 2.76. The summed E-state index contributed by atoms with van der Waals surface area (Å²) in [4.78, 5) is 29.1. The fourth-order valence-corrected chi connectivity index (χ4v) is 3.41. The van der Waals surface area contributed by atoms with Crippen molar-refractivity contribution in [3.8, 4) is 11.5 Å². The highest BCUT2D eigenvalue weighted by molar-refractivity contribution is 5.95. The standard InChI is InChI=1S/C23H29N3O4/c1-3-29-19-10-11-21(30-4-2)20(16-19)24-22(27)17-25-12-14-26(15-13-25)23(28)18-8-6-5-7-9-18/h5-11,16H,3-4,12-15,17H2,1-2H3,(H,24,27). The monoisotopic (exact) mass is 411 g/mol. The maximum atomic E-state index is 12.6. The first-order valence-electron chi connectivity index (χ1n) is 10.4. The summed E-state index contributed by atoms with van der Waals surface area (Å²) in [6, 6.07) is 14.7. The highest BCUT2D eigenvalue weighted by Crippen LogP contribution is 2.29. The van der Waals surface area contributed by atoms with E-state index in [4.69, 9.17) is 9.47 Å². The molecule has 0 radical (unpaired) electrons. The highest BCUT2D eigenvalue weighted by atomic mass is 16.5. The van der Waals surface area contributed by atoms with Gasteiger partial charge >= 0.3 is 0 Å². The SMILES string of the molecule is CCOc1ccc(OCC)c(NC(=O)CN2CCN(C(=O)c3ccccc3)CC2)c1. The van der Waals surface area contributed by atoms with Crippen molar-refractivity contribution in [3.05, 3.63) is 54.1 Å². The van der Waals surface area contributed by atoms with Crippen molar-refractivity contribution in [2.45, 2.75) is 13.8 Å². The van der Waals surface area contributed by atoms with Crippen LogP contribution in [-0.2, 0) is 4.79 Å². The second-order valence-electron chi connectivity index (χ2n) is 7.01. The predicted octanol–water partition coefficient (Wildman–Crippen LogP) is 2.88. The molecule has 1 N–H and O–H groups in total. The normalized spacial score (nSPS) is 14.3. The minimum atomic E-state index is -0.118. The van der Waals surface area contributed by atoms with Crippen LogP contribution < -0.4 is 14.8 Å². The van der Waals surface area contributed by atoms with E-state index in [1.165, 1.54) is 0 Å². The second kappa shape index (κ2) is 10.6. The smallest absolute Gasteiger partial charge is 0.253 e. The third kappa shape index (κ3) is 5.73. The molecule has 2 amide bonds. The lowest BCUT2D eigenvalue weighted by Crippen LogP contribution is -2.50. The summed E-state index contributed by atoms with van der Waals surface area (Å²) in [7, 11) is 0. The summed E-state index contributed by atoms with van der Waals surface area (Å²) in [5.74, 6) is 1.22. The molecule has 7 nitrogen and oxygen atoms in total. The molecule has 0 aromatic heterocycles. The van der Waals surface area contributed by atoms with E-state index >= 15 is 0 Å². The zero-order valence-corrected chi connectivity index (χ0v) is 17.6. The second-order valence-corrected chi connectivity index (χ2v) is 7.01. The quantitative estimate of drug-likeness (QED) is 0.723. The fraction of sp³-hybridized carbons (Fsp3) is 0.391. The molecular formula is C23H29N3O4. The summed E-state index contributed by atoms with van der Waals surface area (Å²) in [6.07, 6.45) is 0. The molecule has 1 saturated heterocycles. The molecule has 0 unspecified atom stereocenters. The van der Waals surface area contributed by atoms with E-state index in [-0.39, 0.29) is 18.4 Å². The van der Waals surface area contributed by atoms with Gasteiger partial charge in [-0.2, -0.15) is 0 Å². The molecule has 3 rings (SSSR count). The van der Waals surface area contributed by atoms with Crippen LogP contribution in [0.15, 0.2) is 48.5 Å². The van der Waals surface area contributed by atoms with E-state index in [2.05, 4.69) is 10.2 Å². The number of nitrogens with zero attached hydrogens (tertiary/aromatic N) is 2. The van der Waals surface area contributed by atoms with Crippen LogP contribution in [0.1, 0.15) is 24.2 Å². The Morgan fingerprint density at radius 1 is 0.933 bits per heavy atom. The van der Waals surface area contributed by atoms with Crippen LogP contribution in [0.4, 0.5) is 5.69 Å². The van der Waals surface area contributed by atoms with E-state index in [1.807, 2.05) is 55.1 Å². The zero-order chi connectivity index (χ0) is 21.3. The van der Waals surface area contributed by atoms with E-state index < -0.39 is 0 Å². The van der Waals surface area contributed by atoms with Crippen LogP contribution in [-0.4, -0.2) is 67.6 Å². The van der Waals surface area contributed by atoms with Gasteiger partial charge in [0.15, 0.2) is 0 Å². The Balaban J connectivity index is 1.54. The van der Waals surface area contributed by atoms with Crippen molar-refractivity contribution in [1.82, 2.24) is 9.80 Å². The first kappa shape index (κ1) is 21.6. The molecule has 0 aliphatic carbocycles. The Morgan fingerprint density at radius 3 is 2.30 bits per heavy atom. The number of nitrogens with one attached hydrogen (secondary N) is 1. The topological polar surface area (TPSA) is 71.1 Å². The summed E-state index contributed by atoms with van der Waals surface area (Å²) >= 11 is 0. The van der Waals surface area contributed by atoms with Gasteiger partial charge in [-0.3, -0.25) is 14.5 Å². The van der Waals surface area contributed by atoms with Gasteiger partial charge in [0.2, 0.25) is 5.91 Å². The number of amides is 2. The number of benzene rings is 2. The first-order valence-corrected chi connectivity index (χ1v) is 10.4. The third-order valence-corrected chi connectivity index (χ3v) is 4.88. The maximum absolute atomic E-state index is 12.6. The Bertz CT molecular complexity index is 849. The molecule has 2 aromatic rings. The summed E-state index contributed by atoms with van der Waals surface area (Å²) < 4.78 is 11.1. The van der Waals surface area contributed by atoms with Gasteiger partial charge in [0, 0.05) is 37.8 Å². The molecule has 1 aliphatic heterocycles. The predicted molar refractivity (Wildman–Crippen MR) is 116 cm³/mol. The zero-order valence-electron chi connectivity index (χ0n) is 17.6. The fourth-order valence-electron chi connectivity index (χ4n) is 3.41. The molecule has 7 heteroatoms. The largest absolute Gasteiger partial charge is 0.494 e. The van der Waals surface area contributed by atoms with Crippen molar-refractivity contribution >= 4 is 17.5 Å². The van der Waals surface area contributed by atoms with Crippen LogP contribution in [0.3, 0.4) is 0 Å². The van der Waals surface area contributed by atoms with Crippen molar-refractivity contribution in [1.29, 1.82) is 0 Å². The van der Waals surface area contributed by atoms with Gasteiger partial charge in [-0.1, -0.05) is 18.2 Å². The van der Waals surface area contributed by atoms with E-state index in [0.717, 1.165) is 0 Å². The number of hydrogen-bond donors (Lipinski definition) is 1. The lowest BCUT2D eigenvalue weighted by molar-refractivity contribution is -0.117. The first-order chi connectivity index (χ1) is 14.6. The minimum Gasteiger partial charge on any atom is -0.494 e. The number of carbonyl (C=O) groups excluding carboxylic acids is 2. The van der Waals surface area contributed by atoms with Crippen LogP contribution in [0.25, 0.3) is 0 Å². The molecule has 0 bridgehead atoms. The third-order valence-electron chi connectivity index (χ3n) is 4.88. The molecule has 0 saturated carbocycles. The number of anilines is 1. The van der Waals surface area contributed by atoms with E-state index in [9.17, 15) is 9.59 Å². The van der Waals surface area contributed by atoms with Gasteiger partial charge < -0.3 is 19.7 Å². The number of piperazine rings is 1. The molecule has 0 atom stereocenters. The van der Waals surface area contributed by atoms with Crippen molar-refractivity contribution < 1.29 is 19.1 Å². The maximum Gasteiger partial charge on any atom is 0.253 e. The van der Waals surface area contributed by atoms with Crippen molar-refractivity contribution in [2.24, 2.45) is 0 Å². The van der Waals surface area contributed by atoms with Gasteiger partial charge in [0.1, 0.15) is 11.5 Å². The van der Waals surface area contributed by atoms with E-state index in [1.54, 1.807) is 12.1 Å². The highest BCUT2D eigenvalue weighted by Gasteiger charge is 2.23. The summed E-state index contributed by atoms with van der Waals surface area (Å²) in [5, 5.41) is 2.94. The lowest BCUT2D eigenvalue weighted by Gasteiger charge is -2.34. The Hall–Kier alpha value is -3.06. The molecule has 1 fully saturated rings. The molecular weight excluding hydrogens is 382 g/mol. The van der Waals surface area contributed by atoms with Gasteiger partial charge in [-0.25, -0.2) is 0 Å². The lowest BCUT2D eigenvalue weighted by atomic mass is 10.2. The van der Waals surface area contributed by atoms with Gasteiger partial charge in [-0.05, 0) is 38.1 Å². The minimum absolute atomic E-state index is 0.0359. The molecule has 160 valence electrons.